The molecule has 1 amide bonds. The lowest BCUT2D eigenvalue weighted by molar-refractivity contribution is -0.119. The smallest absolute Gasteiger partial charge is 0.232 e. The van der Waals surface area contributed by atoms with Gasteiger partial charge in [-0.2, -0.15) is 0 Å². The van der Waals surface area contributed by atoms with Gasteiger partial charge in [-0.25, -0.2) is 8.42 Å². The molecule has 0 atom stereocenters. The van der Waals surface area contributed by atoms with Crippen LogP contribution in [-0.2, 0) is 15.1 Å². The van der Waals surface area contributed by atoms with E-state index in [-0.39, 0.29) is 6.42 Å². The molecule has 1 N–H and O–H groups in total. The summed E-state index contributed by atoms with van der Waals surface area (Å²) in [5.41, 5.74) is 0. The second-order valence-corrected chi connectivity index (χ2v) is 3.20. The van der Waals surface area contributed by atoms with Gasteiger partial charge >= 0.3 is 0 Å². The van der Waals surface area contributed by atoms with E-state index in [0.29, 0.717) is 6.42 Å². The van der Waals surface area contributed by atoms with Crippen LogP contribution in [0.5, 0.6) is 0 Å². The Bertz CT molecular complexity index is 221. The second-order valence-electron chi connectivity index (χ2n) is 2.08. The lowest BCUT2D eigenvalue weighted by atomic mass is 10.2. The van der Waals surface area contributed by atoms with E-state index in [9.17, 15) is 17.8 Å². The molecule has 0 aliphatic rings. The van der Waals surface area contributed by atoms with Crippen molar-refractivity contribution in [3.63, 3.8) is 0 Å². The second kappa shape index (κ2) is 4.30. The zero-order chi connectivity index (χ0) is 8.91. The fourth-order valence-corrected chi connectivity index (χ4v) is 0.909. The molecule has 0 aromatic rings. The molecule has 0 aromatic heterocycles. The number of carbonyl (C=O) groups is 1. The highest BCUT2D eigenvalue weighted by molar-refractivity contribution is 7.84. The van der Waals surface area contributed by atoms with Crippen molar-refractivity contribution in [1.82, 2.24) is 4.72 Å². The number of unbranched alkanes of at least 4 members (excludes halogenated alkanes) is 1. The Hall–Kier alpha value is -0.620. The third-order valence-corrected chi connectivity index (χ3v) is 1.47. The maximum absolute atomic E-state index is 10.5. The summed E-state index contributed by atoms with van der Waals surface area (Å²) in [6.07, 6.45) is 1.45. The summed E-state index contributed by atoms with van der Waals surface area (Å²) in [6, 6.07) is 0. The topological polar surface area (TPSA) is 86.3 Å². The summed E-state index contributed by atoms with van der Waals surface area (Å²) >= 11 is 0. The lowest BCUT2D eigenvalue weighted by Crippen LogP contribution is -2.29. The molecule has 0 aliphatic heterocycles. The van der Waals surface area contributed by atoms with Gasteiger partial charge in [-0.05, 0) is 6.42 Å². The van der Waals surface area contributed by atoms with Gasteiger partial charge in [0.05, 0.1) is 0 Å². The Balaban J connectivity index is 3.71. The predicted octanol–water partition coefficient (Wildman–Crippen LogP) is -0.247. The highest BCUT2D eigenvalue weighted by Gasteiger charge is 2.02. The first-order chi connectivity index (χ1) is 4.95. The molecular formula is C5H10NO4S-. The molecule has 6 heteroatoms. The van der Waals surface area contributed by atoms with Gasteiger partial charge in [-0.1, -0.05) is 13.3 Å². The summed E-state index contributed by atoms with van der Waals surface area (Å²) in [5.74, 6) is -0.734. The zero-order valence-electron chi connectivity index (χ0n) is 6.16. The third kappa shape index (κ3) is 7.27. The predicted molar refractivity (Wildman–Crippen MR) is 37.4 cm³/mol. The Labute approximate surface area is 65.7 Å². The van der Waals surface area contributed by atoms with Crippen molar-refractivity contribution in [2.75, 3.05) is 0 Å². The summed E-state index contributed by atoms with van der Waals surface area (Å²) < 4.78 is 31.1. The number of carbonyl (C=O) groups excluding carboxylic acids is 1. The molecule has 0 rings (SSSR count). The fraction of sp³-hybridized carbons (Fsp3) is 0.800. The van der Waals surface area contributed by atoms with Crippen molar-refractivity contribution < 1.29 is 17.8 Å². The minimum Gasteiger partial charge on any atom is -0.731 e. The van der Waals surface area contributed by atoms with Crippen molar-refractivity contribution in [1.29, 1.82) is 0 Å². The summed E-state index contributed by atoms with van der Waals surface area (Å²) in [5, 5.41) is 0. The molecule has 11 heavy (non-hydrogen) atoms. The molecule has 0 saturated carbocycles. The van der Waals surface area contributed by atoms with E-state index in [4.69, 9.17) is 0 Å². The minimum atomic E-state index is -4.60. The quantitative estimate of drug-likeness (QED) is 0.604. The first-order valence-electron chi connectivity index (χ1n) is 3.22. The fourth-order valence-electron chi connectivity index (χ4n) is 0.528. The molecule has 5 nitrogen and oxygen atoms in total. The zero-order valence-corrected chi connectivity index (χ0v) is 6.98. The van der Waals surface area contributed by atoms with Gasteiger partial charge < -0.3 is 4.55 Å². The highest BCUT2D eigenvalue weighted by atomic mass is 32.2. The Morgan fingerprint density at radius 3 is 2.45 bits per heavy atom. The normalized spacial score (nSPS) is 11.1. The van der Waals surface area contributed by atoms with Gasteiger partial charge in [0.25, 0.3) is 0 Å². The maximum atomic E-state index is 10.5. The molecule has 0 fully saturated rings. The molecule has 0 saturated heterocycles. The van der Waals surface area contributed by atoms with Crippen molar-refractivity contribution in [3.8, 4) is 0 Å². The summed E-state index contributed by atoms with van der Waals surface area (Å²) in [6.45, 7) is 1.86. The monoisotopic (exact) mass is 180 g/mol. The van der Waals surface area contributed by atoms with Gasteiger partial charge in [0.15, 0.2) is 10.3 Å². The molecule has 0 bridgehead atoms. The van der Waals surface area contributed by atoms with E-state index in [1.54, 1.807) is 0 Å². The van der Waals surface area contributed by atoms with E-state index >= 15 is 0 Å². The van der Waals surface area contributed by atoms with E-state index in [1.165, 1.54) is 4.72 Å². The van der Waals surface area contributed by atoms with Crippen molar-refractivity contribution in [2.45, 2.75) is 26.2 Å². The van der Waals surface area contributed by atoms with Gasteiger partial charge in [-0.15, -0.1) is 0 Å². The average molecular weight is 180 g/mol. The van der Waals surface area contributed by atoms with Crippen LogP contribution in [0.3, 0.4) is 0 Å². The third-order valence-electron chi connectivity index (χ3n) is 0.996. The largest absolute Gasteiger partial charge is 0.731 e. The van der Waals surface area contributed by atoms with Gasteiger partial charge in [-0.3, -0.25) is 9.52 Å². The highest BCUT2D eigenvalue weighted by Crippen LogP contribution is 1.93. The van der Waals surface area contributed by atoms with Crippen LogP contribution in [-0.4, -0.2) is 18.9 Å². The Morgan fingerprint density at radius 1 is 1.55 bits per heavy atom. The number of hydrogen-bond donors (Lipinski definition) is 1. The average Bonchev–Trinajstić information content (AvgIpc) is 1.79. The van der Waals surface area contributed by atoms with Crippen molar-refractivity contribution in [3.05, 3.63) is 0 Å². The maximum Gasteiger partial charge on any atom is 0.232 e. The molecule has 0 heterocycles. The van der Waals surface area contributed by atoms with Crippen LogP contribution in [0.15, 0.2) is 0 Å². The summed E-state index contributed by atoms with van der Waals surface area (Å²) in [7, 11) is -4.60. The SMILES string of the molecule is CCCCC(=O)NS(=O)(=O)[O-]. The molecule has 0 aliphatic carbocycles. The number of nitrogens with one attached hydrogen (secondary N) is 1. The van der Waals surface area contributed by atoms with Gasteiger partial charge in [0.2, 0.25) is 5.91 Å². The van der Waals surface area contributed by atoms with Crippen molar-refractivity contribution >= 4 is 16.2 Å². The van der Waals surface area contributed by atoms with E-state index in [2.05, 4.69) is 0 Å². The van der Waals surface area contributed by atoms with Crippen LogP contribution in [0.25, 0.3) is 0 Å². The van der Waals surface area contributed by atoms with Gasteiger partial charge in [0.1, 0.15) is 0 Å². The van der Waals surface area contributed by atoms with E-state index < -0.39 is 16.2 Å². The Kier molecular flexibility index (Phi) is 4.06. The molecule has 0 spiro atoms. The molecular weight excluding hydrogens is 170 g/mol. The van der Waals surface area contributed by atoms with Crippen LogP contribution in [0, 0.1) is 0 Å². The van der Waals surface area contributed by atoms with Crippen molar-refractivity contribution in [2.24, 2.45) is 0 Å². The van der Waals surface area contributed by atoms with Crippen LogP contribution >= 0.6 is 0 Å². The number of rotatable bonds is 4. The van der Waals surface area contributed by atoms with Gasteiger partial charge in [0, 0.05) is 6.42 Å². The van der Waals surface area contributed by atoms with Crippen LogP contribution in [0.1, 0.15) is 26.2 Å². The Morgan fingerprint density at radius 2 is 2.09 bits per heavy atom. The first-order valence-corrected chi connectivity index (χ1v) is 4.63. The number of hydrogen-bond acceptors (Lipinski definition) is 4. The lowest BCUT2D eigenvalue weighted by Gasteiger charge is -2.07. The van der Waals surface area contributed by atoms with Crippen LogP contribution in [0.2, 0.25) is 0 Å². The van der Waals surface area contributed by atoms with Crippen LogP contribution < -0.4 is 4.72 Å². The van der Waals surface area contributed by atoms with Crippen LogP contribution in [0.4, 0.5) is 0 Å². The molecule has 66 valence electrons. The molecule has 0 aromatic carbocycles. The van der Waals surface area contributed by atoms with E-state index in [1.807, 2.05) is 6.92 Å². The standard InChI is InChI=1S/C5H11NO4S/c1-2-3-4-5(7)6-11(8,9)10/h2-4H2,1H3,(H,6,7)(H,8,9,10)/p-1. The molecule has 0 unspecified atom stereocenters. The summed E-state index contributed by atoms with van der Waals surface area (Å²) in [4.78, 5) is 10.5. The molecule has 0 radical (unpaired) electrons. The minimum absolute atomic E-state index is 0.0813. The van der Waals surface area contributed by atoms with E-state index in [0.717, 1.165) is 6.42 Å². The first kappa shape index (κ1) is 10.4. The number of amides is 1.